The third-order valence-corrected chi connectivity index (χ3v) is 2.99. The van der Waals surface area contributed by atoms with Crippen molar-refractivity contribution in [1.29, 1.82) is 0 Å². The summed E-state index contributed by atoms with van der Waals surface area (Å²) in [6.07, 6.45) is 0. The van der Waals surface area contributed by atoms with E-state index in [-0.39, 0.29) is 23.2 Å². The fourth-order valence-corrected chi connectivity index (χ4v) is 1.77. The van der Waals surface area contributed by atoms with Crippen LogP contribution in [0.15, 0.2) is 48.5 Å². The average molecular weight is 305 g/mol. The Hall–Kier alpha value is -2.53. The second-order valence-electron chi connectivity index (χ2n) is 4.26. The average Bonchev–Trinajstić information content (AvgIpc) is 2.49. The van der Waals surface area contributed by atoms with Crippen LogP contribution in [0.4, 0.5) is 5.69 Å². The molecule has 108 valence electrons. The Morgan fingerprint density at radius 2 is 1.81 bits per heavy atom. The molecule has 0 aliphatic rings. The van der Waals surface area contributed by atoms with Gasteiger partial charge in [-0.05, 0) is 24.3 Å². The largest absolute Gasteiger partial charge is 0.506 e. The predicted octanol–water partition coefficient (Wildman–Crippen LogP) is 2.41. The lowest BCUT2D eigenvalue weighted by atomic mass is 10.2. The molecule has 2 aromatic rings. The van der Waals surface area contributed by atoms with E-state index in [1.54, 1.807) is 36.4 Å². The fourth-order valence-electron chi connectivity index (χ4n) is 1.65. The molecule has 0 radical (unpaired) electrons. The van der Waals surface area contributed by atoms with E-state index in [0.29, 0.717) is 11.3 Å². The van der Waals surface area contributed by atoms with E-state index in [4.69, 9.17) is 11.6 Å². The van der Waals surface area contributed by atoms with Crippen LogP contribution in [0.1, 0.15) is 10.4 Å². The zero-order valence-corrected chi connectivity index (χ0v) is 11.7. The van der Waals surface area contributed by atoms with Crippen LogP contribution in [-0.4, -0.2) is 23.5 Å². The minimum Gasteiger partial charge on any atom is -0.506 e. The van der Waals surface area contributed by atoms with Gasteiger partial charge in [0, 0.05) is 17.3 Å². The first-order valence-electron chi connectivity index (χ1n) is 6.18. The third-order valence-electron chi connectivity index (χ3n) is 2.68. The molecule has 0 aliphatic heterocycles. The molecule has 5 nitrogen and oxygen atoms in total. The molecule has 0 bridgehead atoms. The maximum absolute atomic E-state index is 11.8. The Kier molecular flexibility index (Phi) is 4.79. The van der Waals surface area contributed by atoms with Crippen LogP contribution in [0, 0.1) is 0 Å². The molecule has 0 atom stereocenters. The van der Waals surface area contributed by atoms with Gasteiger partial charge in [-0.1, -0.05) is 29.8 Å². The number of carbonyl (C=O) groups is 2. The molecule has 0 saturated carbocycles. The number of phenols is 1. The number of hydrogen-bond acceptors (Lipinski definition) is 3. The summed E-state index contributed by atoms with van der Waals surface area (Å²) in [5.74, 6) is -0.853. The number of amides is 2. The molecule has 0 heterocycles. The first kappa shape index (κ1) is 14.9. The summed E-state index contributed by atoms with van der Waals surface area (Å²) in [7, 11) is 0. The van der Waals surface area contributed by atoms with Gasteiger partial charge >= 0.3 is 0 Å². The van der Waals surface area contributed by atoms with E-state index < -0.39 is 5.91 Å². The van der Waals surface area contributed by atoms with E-state index in [1.165, 1.54) is 12.1 Å². The second kappa shape index (κ2) is 6.76. The number of benzene rings is 2. The highest BCUT2D eigenvalue weighted by molar-refractivity contribution is 6.32. The van der Waals surface area contributed by atoms with Crippen molar-refractivity contribution in [1.82, 2.24) is 5.32 Å². The summed E-state index contributed by atoms with van der Waals surface area (Å²) in [6.45, 7) is -0.170. The Morgan fingerprint density at radius 3 is 2.48 bits per heavy atom. The van der Waals surface area contributed by atoms with Crippen molar-refractivity contribution in [2.45, 2.75) is 0 Å². The second-order valence-corrected chi connectivity index (χ2v) is 4.67. The van der Waals surface area contributed by atoms with Gasteiger partial charge in [-0.15, -0.1) is 0 Å². The van der Waals surface area contributed by atoms with Gasteiger partial charge < -0.3 is 15.7 Å². The van der Waals surface area contributed by atoms with Gasteiger partial charge in [0.25, 0.3) is 5.91 Å². The first-order chi connectivity index (χ1) is 10.1. The lowest BCUT2D eigenvalue weighted by molar-refractivity contribution is -0.115. The minimum atomic E-state index is -0.402. The van der Waals surface area contributed by atoms with Gasteiger partial charge in [0.15, 0.2) is 0 Å². The van der Waals surface area contributed by atoms with Crippen molar-refractivity contribution in [3.8, 4) is 5.75 Å². The maximum atomic E-state index is 11.8. The van der Waals surface area contributed by atoms with Crippen LogP contribution in [0.3, 0.4) is 0 Å². The van der Waals surface area contributed by atoms with Gasteiger partial charge in [0.1, 0.15) is 5.75 Å². The molecule has 0 aromatic heterocycles. The van der Waals surface area contributed by atoms with Crippen molar-refractivity contribution in [3.63, 3.8) is 0 Å². The number of hydrogen-bond donors (Lipinski definition) is 3. The number of rotatable bonds is 4. The van der Waals surface area contributed by atoms with Gasteiger partial charge in [0.2, 0.25) is 5.91 Å². The lowest BCUT2D eigenvalue weighted by Gasteiger charge is -2.08. The molecule has 2 amide bonds. The van der Waals surface area contributed by atoms with E-state index in [2.05, 4.69) is 10.6 Å². The van der Waals surface area contributed by atoms with Gasteiger partial charge in [0.05, 0.1) is 11.6 Å². The Morgan fingerprint density at radius 1 is 1.10 bits per heavy atom. The Labute approximate surface area is 126 Å². The normalized spacial score (nSPS) is 9.95. The molecule has 2 aromatic carbocycles. The number of halogens is 1. The standard InChI is InChI=1S/C15H13ClN2O3/c16-12-7-6-11(8-13(12)19)18-14(20)9-17-15(21)10-4-2-1-3-5-10/h1-8,19H,9H2,(H,17,21)(H,18,20). The summed E-state index contributed by atoms with van der Waals surface area (Å²) in [5, 5.41) is 14.7. The molecule has 0 spiro atoms. The van der Waals surface area contributed by atoms with Crippen molar-refractivity contribution in [3.05, 3.63) is 59.1 Å². The lowest BCUT2D eigenvalue weighted by Crippen LogP contribution is -2.32. The quantitative estimate of drug-likeness (QED) is 0.811. The highest BCUT2D eigenvalue weighted by Gasteiger charge is 2.08. The number of phenolic OH excluding ortho intramolecular Hbond substituents is 1. The molecular formula is C15H13ClN2O3. The maximum Gasteiger partial charge on any atom is 0.251 e. The van der Waals surface area contributed by atoms with Crippen LogP contribution in [0.5, 0.6) is 5.75 Å². The Bertz CT molecular complexity index is 659. The van der Waals surface area contributed by atoms with E-state index in [0.717, 1.165) is 0 Å². The van der Waals surface area contributed by atoms with Gasteiger partial charge in [-0.25, -0.2) is 0 Å². The minimum absolute atomic E-state index is 0.122. The molecule has 0 saturated heterocycles. The monoisotopic (exact) mass is 304 g/mol. The summed E-state index contributed by atoms with van der Waals surface area (Å²) < 4.78 is 0. The van der Waals surface area contributed by atoms with Crippen LogP contribution in [0.2, 0.25) is 5.02 Å². The highest BCUT2D eigenvalue weighted by atomic mass is 35.5. The van der Waals surface area contributed by atoms with Crippen molar-refractivity contribution in [2.24, 2.45) is 0 Å². The van der Waals surface area contributed by atoms with Crippen molar-refractivity contribution >= 4 is 29.1 Å². The smallest absolute Gasteiger partial charge is 0.251 e. The zero-order chi connectivity index (χ0) is 15.2. The molecule has 0 unspecified atom stereocenters. The predicted molar refractivity (Wildman–Crippen MR) is 80.5 cm³/mol. The molecule has 6 heteroatoms. The van der Waals surface area contributed by atoms with Crippen molar-refractivity contribution < 1.29 is 14.7 Å². The highest BCUT2D eigenvalue weighted by Crippen LogP contribution is 2.25. The van der Waals surface area contributed by atoms with E-state index in [1.807, 2.05) is 0 Å². The van der Waals surface area contributed by atoms with Crippen molar-refractivity contribution in [2.75, 3.05) is 11.9 Å². The molecule has 3 N–H and O–H groups in total. The number of nitrogens with one attached hydrogen (secondary N) is 2. The van der Waals surface area contributed by atoms with Gasteiger partial charge in [-0.2, -0.15) is 0 Å². The van der Waals surface area contributed by atoms with Crippen LogP contribution >= 0.6 is 11.6 Å². The van der Waals surface area contributed by atoms with E-state index >= 15 is 0 Å². The molecule has 0 fully saturated rings. The van der Waals surface area contributed by atoms with Crippen LogP contribution < -0.4 is 10.6 Å². The van der Waals surface area contributed by atoms with Gasteiger partial charge in [-0.3, -0.25) is 9.59 Å². The van der Waals surface area contributed by atoms with E-state index in [9.17, 15) is 14.7 Å². The fraction of sp³-hybridized carbons (Fsp3) is 0.0667. The number of carbonyl (C=O) groups excluding carboxylic acids is 2. The SMILES string of the molecule is O=C(CNC(=O)c1ccccc1)Nc1ccc(Cl)c(O)c1. The summed E-state index contributed by atoms with van der Waals surface area (Å²) in [6, 6.07) is 13.0. The zero-order valence-electron chi connectivity index (χ0n) is 11.0. The number of aromatic hydroxyl groups is 1. The molecule has 0 aliphatic carbocycles. The Balaban J connectivity index is 1.87. The van der Waals surface area contributed by atoms with Crippen LogP contribution in [0.25, 0.3) is 0 Å². The topological polar surface area (TPSA) is 78.4 Å². The molecular weight excluding hydrogens is 292 g/mol. The molecule has 21 heavy (non-hydrogen) atoms. The summed E-state index contributed by atoms with van der Waals surface area (Å²) in [5.41, 5.74) is 0.880. The third kappa shape index (κ3) is 4.22. The number of anilines is 1. The summed E-state index contributed by atoms with van der Waals surface area (Å²) >= 11 is 5.67. The van der Waals surface area contributed by atoms with Crippen LogP contribution in [-0.2, 0) is 4.79 Å². The summed E-state index contributed by atoms with van der Waals surface area (Å²) in [4.78, 5) is 23.5. The molecule has 2 rings (SSSR count). The first-order valence-corrected chi connectivity index (χ1v) is 6.55.